The van der Waals surface area contributed by atoms with E-state index in [-0.39, 0.29) is 11.9 Å². The summed E-state index contributed by atoms with van der Waals surface area (Å²) in [6, 6.07) is 10.3. The molecule has 1 aromatic carbocycles. The fourth-order valence-electron chi connectivity index (χ4n) is 4.55. The summed E-state index contributed by atoms with van der Waals surface area (Å²) < 4.78 is 3.06. The third-order valence-corrected chi connectivity index (χ3v) is 8.24. The van der Waals surface area contributed by atoms with Crippen LogP contribution in [0.3, 0.4) is 0 Å². The van der Waals surface area contributed by atoms with E-state index in [9.17, 15) is 4.79 Å². The van der Waals surface area contributed by atoms with Gasteiger partial charge in [-0.15, -0.1) is 22.7 Å². The van der Waals surface area contributed by atoms with Gasteiger partial charge >= 0.3 is 0 Å². The van der Waals surface area contributed by atoms with Crippen molar-refractivity contribution in [3.8, 4) is 10.6 Å². The van der Waals surface area contributed by atoms with Crippen LogP contribution in [-0.2, 0) is 13.0 Å². The number of hydrogen-bond acceptors (Lipinski definition) is 6. The van der Waals surface area contributed by atoms with Gasteiger partial charge in [-0.3, -0.25) is 14.4 Å². The standard InChI is InChI=1S/C25H29N5OS2/c1-5-11-29-12-10-17-21(14-29)33-25(22(17)24-26-18-8-6-7-9-20(18)32-24)27-23(31)19-13-16(4)30(28-19)15(2)3/h6-9,13,15H,5,10-12,14H2,1-4H3,(H,27,31). The van der Waals surface area contributed by atoms with Gasteiger partial charge in [0, 0.05) is 35.3 Å². The molecular weight excluding hydrogens is 450 g/mol. The maximum absolute atomic E-state index is 13.2. The number of thiazole rings is 1. The van der Waals surface area contributed by atoms with E-state index in [2.05, 4.69) is 48.2 Å². The Morgan fingerprint density at radius 3 is 2.79 bits per heavy atom. The fourth-order valence-corrected chi connectivity index (χ4v) is 6.94. The smallest absolute Gasteiger partial charge is 0.276 e. The summed E-state index contributed by atoms with van der Waals surface area (Å²) in [5.41, 5.74) is 4.88. The molecule has 1 amide bonds. The number of carbonyl (C=O) groups excluding carboxylic acids is 1. The lowest BCUT2D eigenvalue weighted by molar-refractivity contribution is 0.102. The highest BCUT2D eigenvalue weighted by Gasteiger charge is 2.28. The van der Waals surface area contributed by atoms with Crippen molar-refractivity contribution >= 4 is 43.8 Å². The summed E-state index contributed by atoms with van der Waals surface area (Å²) >= 11 is 3.39. The molecule has 8 heteroatoms. The third kappa shape index (κ3) is 4.23. The molecule has 0 radical (unpaired) electrons. The molecule has 3 aromatic heterocycles. The predicted octanol–water partition coefficient (Wildman–Crippen LogP) is 6.13. The third-order valence-electron chi connectivity index (χ3n) is 6.05. The van der Waals surface area contributed by atoms with Crippen LogP contribution in [0.25, 0.3) is 20.8 Å². The maximum atomic E-state index is 13.2. The molecule has 0 bridgehead atoms. The SMILES string of the molecule is CCCN1CCc2c(sc(NC(=O)c3cc(C)n(C(C)C)n3)c2-c2nc3ccccc3s2)C1. The van der Waals surface area contributed by atoms with Gasteiger partial charge in [0.05, 0.1) is 10.2 Å². The van der Waals surface area contributed by atoms with Crippen molar-refractivity contribution in [2.45, 2.75) is 53.1 Å². The molecule has 33 heavy (non-hydrogen) atoms. The lowest BCUT2D eigenvalue weighted by Gasteiger charge is -2.26. The van der Waals surface area contributed by atoms with Gasteiger partial charge in [0.2, 0.25) is 0 Å². The van der Waals surface area contributed by atoms with Gasteiger partial charge < -0.3 is 5.32 Å². The van der Waals surface area contributed by atoms with Gasteiger partial charge in [0.15, 0.2) is 5.69 Å². The molecular formula is C25H29N5OS2. The van der Waals surface area contributed by atoms with Crippen molar-refractivity contribution in [1.82, 2.24) is 19.7 Å². The van der Waals surface area contributed by atoms with E-state index in [1.807, 2.05) is 29.8 Å². The summed E-state index contributed by atoms with van der Waals surface area (Å²) in [5.74, 6) is -0.163. The van der Waals surface area contributed by atoms with Gasteiger partial charge in [-0.05, 0) is 63.9 Å². The van der Waals surface area contributed by atoms with Crippen molar-refractivity contribution in [3.63, 3.8) is 0 Å². The number of aromatic nitrogens is 3. The van der Waals surface area contributed by atoms with E-state index in [1.165, 1.54) is 15.1 Å². The Morgan fingerprint density at radius 2 is 2.06 bits per heavy atom. The number of amides is 1. The quantitative estimate of drug-likeness (QED) is 0.361. The Labute approximate surface area is 202 Å². The molecule has 0 fully saturated rings. The molecule has 0 spiro atoms. The molecule has 5 rings (SSSR count). The maximum Gasteiger partial charge on any atom is 0.276 e. The number of para-hydroxylation sites is 1. The number of nitrogens with zero attached hydrogens (tertiary/aromatic N) is 4. The van der Waals surface area contributed by atoms with Crippen LogP contribution in [-0.4, -0.2) is 38.7 Å². The van der Waals surface area contributed by atoms with Crippen LogP contribution < -0.4 is 5.32 Å². The van der Waals surface area contributed by atoms with Gasteiger partial charge in [-0.2, -0.15) is 5.10 Å². The molecule has 0 aliphatic carbocycles. The molecule has 4 heterocycles. The number of nitrogens with one attached hydrogen (secondary N) is 1. The number of anilines is 1. The monoisotopic (exact) mass is 479 g/mol. The van der Waals surface area contributed by atoms with E-state index in [4.69, 9.17) is 4.98 Å². The molecule has 1 aliphatic heterocycles. The fraction of sp³-hybridized carbons (Fsp3) is 0.400. The number of aryl methyl sites for hydroxylation is 1. The molecule has 0 unspecified atom stereocenters. The van der Waals surface area contributed by atoms with Gasteiger partial charge in [0.1, 0.15) is 10.0 Å². The Hall–Kier alpha value is -2.55. The average molecular weight is 480 g/mol. The molecule has 0 saturated heterocycles. The zero-order valence-electron chi connectivity index (χ0n) is 19.5. The number of rotatable bonds is 6. The average Bonchev–Trinajstić information content (AvgIpc) is 3.47. The lowest BCUT2D eigenvalue weighted by Crippen LogP contribution is -2.30. The van der Waals surface area contributed by atoms with Crippen molar-refractivity contribution in [1.29, 1.82) is 0 Å². The number of benzene rings is 1. The van der Waals surface area contributed by atoms with Crippen molar-refractivity contribution in [2.75, 3.05) is 18.4 Å². The van der Waals surface area contributed by atoms with E-state index >= 15 is 0 Å². The van der Waals surface area contributed by atoms with Crippen LogP contribution in [0.5, 0.6) is 0 Å². The second-order valence-electron chi connectivity index (χ2n) is 8.88. The molecule has 4 aromatic rings. The molecule has 1 aliphatic rings. The summed E-state index contributed by atoms with van der Waals surface area (Å²) in [7, 11) is 0. The zero-order chi connectivity index (χ0) is 23.1. The molecule has 172 valence electrons. The first-order valence-electron chi connectivity index (χ1n) is 11.5. The van der Waals surface area contributed by atoms with Gasteiger partial charge in [-0.1, -0.05) is 19.1 Å². The summed E-state index contributed by atoms with van der Waals surface area (Å²) in [4.78, 5) is 22.0. The van der Waals surface area contributed by atoms with Crippen LogP contribution in [0.1, 0.15) is 59.9 Å². The normalized spacial score (nSPS) is 14.2. The van der Waals surface area contributed by atoms with Gasteiger partial charge in [0.25, 0.3) is 5.91 Å². The van der Waals surface area contributed by atoms with E-state index < -0.39 is 0 Å². The largest absolute Gasteiger partial charge is 0.312 e. The van der Waals surface area contributed by atoms with E-state index in [0.717, 1.165) is 59.3 Å². The number of carbonyl (C=O) groups is 1. The van der Waals surface area contributed by atoms with Crippen LogP contribution in [0, 0.1) is 6.92 Å². The first kappa shape index (κ1) is 22.3. The van der Waals surface area contributed by atoms with E-state index in [1.54, 1.807) is 22.7 Å². The van der Waals surface area contributed by atoms with Crippen LogP contribution in [0.15, 0.2) is 30.3 Å². The minimum atomic E-state index is -0.163. The molecule has 6 nitrogen and oxygen atoms in total. The number of hydrogen-bond donors (Lipinski definition) is 1. The summed E-state index contributed by atoms with van der Waals surface area (Å²) in [5, 5.41) is 9.63. The number of thiophene rings is 1. The minimum absolute atomic E-state index is 0.163. The van der Waals surface area contributed by atoms with Crippen molar-refractivity contribution < 1.29 is 4.79 Å². The highest BCUT2D eigenvalue weighted by atomic mass is 32.1. The minimum Gasteiger partial charge on any atom is -0.312 e. The highest BCUT2D eigenvalue weighted by Crippen LogP contribution is 2.45. The Bertz CT molecular complexity index is 1280. The Morgan fingerprint density at radius 1 is 1.24 bits per heavy atom. The number of fused-ring (bicyclic) bond motifs is 2. The highest BCUT2D eigenvalue weighted by molar-refractivity contribution is 7.23. The molecule has 0 atom stereocenters. The first-order chi connectivity index (χ1) is 15.9. The van der Waals surface area contributed by atoms with Crippen LogP contribution in [0.4, 0.5) is 5.00 Å². The predicted molar refractivity (Wildman–Crippen MR) is 138 cm³/mol. The summed E-state index contributed by atoms with van der Waals surface area (Å²) in [6.07, 6.45) is 2.13. The zero-order valence-corrected chi connectivity index (χ0v) is 21.1. The Balaban J connectivity index is 1.54. The van der Waals surface area contributed by atoms with E-state index in [0.29, 0.717) is 5.69 Å². The van der Waals surface area contributed by atoms with Crippen molar-refractivity contribution in [2.24, 2.45) is 0 Å². The second-order valence-corrected chi connectivity index (χ2v) is 11.0. The summed E-state index contributed by atoms with van der Waals surface area (Å²) in [6.45, 7) is 11.4. The molecule has 1 N–H and O–H groups in total. The topological polar surface area (TPSA) is 63.1 Å². The van der Waals surface area contributed by atoms with Crippen LogP contribution >= 0.6 is 22.7 Å². The second kappa shape index (κ2) is 9.00. The first-order valence-corrected chi connectivity index (χ1v) is 13.2. The van der Waals surface area contributed by atoms with Crippen molar-refractivity contribution in [3.05, 3.63) is 52.2 Å². The Kier molecular flexibility index (Phi) is 6.07. The van der Waals surface area contributed by atoms with Crippen LogP contribution in [0.2, 0.25) is 0 Å². The van der Waals surface area contributed by atoms with Gasteiger partial charge in [-0.25, -0.2) is 4.98 Å². The molecule has 0 saturated carbocycles. The lowest BCUT2D eigenvalue weighted by atomic mass is 10.0.